The van der Waals surface area contributed by atoms with Gasteiger partial charge in [-0.15, -0.1) is 0 Å². The van der Waals surface area contributed by atoms with E-state index in [-0.39, 0.29) is 11.5 Å². The number of nitro benzene ring substituents is 2. The van der Waals surface area contributed by atoms with E-state index < -0.39 is 27.1 Å². The van der Waals surface area contributed by atoms with Gasteiger partial charge in [-0.25, -0.2) is 5.43 Å². The molecule has 2 heterocycles. The molecule has 1 N–H and O–H groups in total. The molecule has 0 atom stereocenters. The fourth-order valence-corrected chi connectivity index (χ4v) is 3.58. The number of carbonyl (C=O) groups excluding carboxylic acids is 1. The van der Waals surface area contributed by atoms with E-state index in [1.54, 1.807) is 30.3 Å². The van der Waals surface area contributed by atoms with Crippen LogP contribution in [-0.2, 0) is 0 Å². The van der Waals surface area contributed by atoms with Crippen molar-refractivity contribution in [3.8, 4) is 17.2 Å². The molecule has 0 aliphatic rings. The Kier molecular flexibility index (Phi) is 6.59. The molecule has 2 aromatic heterocycles. The Labute approximate surface area is 203 Å². The largest absolute Gasteiger partial charge is 0.459 e. The van der Waals surface area contributed by atoms with E-state index in [0.29, 0.717) is 5.75 Å². The number of hydrogen-bond donors (Lipinski definition) is 1. The number of furan rings is 1. The molecule has 0 spiro atoms. The molecule has 4 rings (SSSR count). The number of nitro groups is 2. The summed E-state index contributed by atoms with van der Waals surface area (Å²) < 4.78 is 12.6. The Morgan fingerprint density at radius 2 is 1.81 bits per heavy atom. The fourth-order valence-electron chi connectivity index (χ4n) is 3.58. The number of ether oxygens (including phenoxy) is 1. The minimum atomic E-state index is -0.733. The van der Waals surface area contributed by atoms with Crippen molar-refractivity contribution in [3.05, 3.63) is 110 Å². The van der Waals surface area contributed by atoms with Crippen molar-refractivity contribution in [1.82, 2.24) is 9.99 Å². The number of rotatable bonds is 8. The molecule has 0 fully saturated rings. The number of carbonyl (C=O) groups is 1. The van der Waals surface area contributed by atoms with Gasteiger partial charge in [-0.3, -0.25) is 25.0 Å². The lowest BCUT2D eigenvalue weighted by Gasteiger charge is -2.11. The number of nitrogens with zero attached hydrogens (tertiary/aromatic N) is 4. The zero-order chi connectivity index (χ0) is 25.8. The maximum atomic E-state index is 11.9. The normalized spacial score (nSPS) is 10.9. The quantitative estimate of drug-likeness (QED) is 0.206. The lowest BCUT2D eigenvalue weighted by molar-refractivity contribution is -0.394. The smallest absolute Gasteiger partial charge is 0.318 e. The highest BCUT2D eigenvalue weighted by molar-refractivity contribution is 5.92. The molecule has 2 aromatic carbocycles. The summed E-state index contributed by atoms with van der Waals surface area (Å²) in [6.45, 7) is 3.81. The number of hydrazone groups is 1. The topological polar surface area (TPSA) is 155 Å². The highest BCUT2D eigenvalue weighted by atomic mass is 16.6. The summed E-state index contributed by atoms with van der Waals surface area (Å²) in [7, 11) is 0. The SMILES string of the molecule is Cc1cc(/C=N\NC(=O)c2ccco2)c(C)n1-c1ccc(Oc2ccc([N+](=O)[O-])cc2[N+](=O)[O-])cc1. The number of aromatic nitrogens is 1. The minimum absolute atomic E-state index is 0.109. The third-order valence-corrected chi connectivity index (χ3v) is 5.26. The fraction of sp³-hybridized carbons (Fsp3) is 0.0833. The maximum Gasteiger partial charge on any atom is 0.318 e. The van der Waals surface area contributed by atoms with Gasteiger partial charge in [-0.05, 0) is 62.4 Å². The summed E-state index contributed by atoms with van der Waals surface area (Å²) in [4.78, 5) is 32.8. The lowest BCUT2D eigenvalue weighted by Crippen LogP contribution is -2.16. The third kappa shape index (κ3) is 4.97. The molecule has 36 heavy (non-hydrogen) atoms. The predicted molar refractivity (Wildman–Crippen MR) is 129 cm³/mol. The molecular weight excluding hydrogens is 470 g/mol. The van der Waals surface area contributed by atoms with Gasteiger partial charge in [0.2, 0.25) is 5.75 Å². The Bertz CT molecular complexity index is 1470. The number of nitrogens with one attached hydrogen (secondary N) is 1. The van der Waals surface area contributed by atoms with E-state index >= 15 is 0 Å². The summed E-state index contributed by atoms with van der Waals surface area (Å²) in [5, 5.41) is 26.2. The second-order valence-electron chi connectivity index (χ2n) is 7.60. The van der Waals surface area contributed by atoms with Crippen LogP contribution in [0.1, 0.15) is 27.5 Å². The van der Waals surface area contributed by atoms with E-state index in [4.69, 9.17) is 9.15 Å². The van der Waals surface area contributed by atoms with Crippen LogP contribution in [0.5, 0.6) is 11.5 Å². The van der Waals surface area contributed by atoms with E-state index in [0.717, 1.165) is 34.8 Å². The number of hydrogen-bond acceptors (Lipinski definition) is 8. The van der Waals surface area contributed by atoms with Crippen molar-refractivity contribution in [2.45, 2.75) is 13.8 Å². The van der Waals surface area contributed by atoms with Crippen molar-refractivity contribution < 1.29 is 23.8 Å². The molecule has 12 heteroatoms. The van der Waals surface area contributed by atoms with Crippen molar-refractivity contribution >= 4 is 23.5 Å². The molecular formula is C24H19N5O7. The van der Waals surface area contributed by atoms with Crippen LogP contribution in [0, 0.1) is 34.1 Å². The first-order valence-corrected chi connectivity index (χ1v) is 10.5. The Morgan fingerprint density at radius 3 is 2.44 bits per heavy atom. The van der Waals surface area contributed by atoms with Gasteiger partial charge in [0.25, 0.3) is 5.69 Å². The first kappa shape index (κ1) is 23.9. The monoisotopic (exact) mass is 489 g/mol. The van der Waals surface area contributed by atoms with E-state index in [2.05, 4.69) is 10.5 Å². The van der Waals surface area contributed by atoms with Crippen LogP contribution >= 0.6 is 0 Å². The van der Waals surface area contributed by atoms with E-state index in [9.17, 15) is 25.0 Å². The molecule has 0 aliphatic carbocycles. The average molecular weight is 489 g/mol. The van der Waals surface area contributed by atoms with Crippen LogP contribution in [0.2, 0.25) is 0 Å². The zero-order valence-electron chi connectivity index (χ0n) is 19.1. The first-order chi connectivity index (χ1) is 17.2. The molecule has 0 aliphatic heterocycles. The Balaban J connectivity index is 1.52. The highest BCUT2D eigenvalue weighted by Crippen LogP contribution is 2.34. The van der Waals surface area contributed by atoms with E-state index in [1.807, 2.05) is 24.5 Å². The highest BCUT2D eigenvalue weighted by Gasteiger charge is 2.21. The van der Waals surface area contributed by atoms with Gasteiger partial charge in [0, 0.05) is 28.7 Å². The second-order valence-corrected chi connectivity index (χ2v) is 7.60. The predicted octanol–water partition coefficient (Wildman–Crippen LogP) is 5.06. The van der Waals surface area contributed by atoms with Crippen LogP contribution in [-0.4, -0.2) is 26.5 Å². The number of benzene rings is 2. The van der Waals surface area contributed by atoms with Gasteiger partial charge >= 0.3 is 11.6 Å². The molecule has 0 saturated heterocycles. The maximum absolute atomic E-state index is 11.9. The van der Waals surface area contributed by atoms with Crippen LogP contribution in [0.3, 0.4) is 0 Å². The Morgan fingerprint density at radius 1 is 1.06 bits per heavy atom. The minimum Gasteiger partial charge on any atom is -0.459 e. The standard InChI is InChI=1S/C24H19N5O7/c1-15-12-17(14-25-26-24(30)23-4-3-11-35-23)16(2)27(15)18-5-8-20(9-6-18)36-22-10-7-19(28(31)32)13-21(22)29(33)34/h3-14H,1-2H3,(H,26,30)/b25-14-. The average Bonchev–Trinajstić information content (AvgIpc) is 3.48. The number of amides is 1. The van der Waals surface area contributed by atoms with Crippen LogP contribution in [0.25, 0.3) is 5.69 Å². The summed E-state index contributed by atoms with van der Waals surface area (Å²) in [6, 6.07) is 15.0. The van der Waals surface area contributed by atoms with Gasteiger partial charge in [0.05, 0.1) is 28.4 Å². The van der Waals surface area contributed by atoms with Gasteiger partial charge < -0.3 is 13.7 Å². The molecule has 182 valence electrons. The van der Waals surface area contributed by atoms with Gasteiger partial charge in [0.1, 0.15) is 5.75 Å². The molecule has 0 saturated carbocycles. The van der Waals surface area contributed by atoms with E-state index in [1.165, 1.54) is 24.6 Å². The molecule has 0 radical (unpaired) electrons. The third-order valence-electron chi connectivity index (χ3n) is 5.26. The second kappa shape index (κ2) is 9.93. The van der Waals surface area contributed by atoms with Gasteiger partial charge in [-0.2, -0.15) is 5.10 Å². The number of non-ortho nitro benzene ring substituents is 1. The van der Waals surface area contributed by atoms with Gasteiger partial charge in [-0.1, -0.05) is 0 Å². The van der Waals surface area contributed by atoms with Crippen LogP contribution in [0.4, 0.5) is 11.4 Å². The summed E-state index contributed by atoms with van der Waals surface area (Å²) >= 11 is 0. The van der Waals surface area contributed by atoms with Crippen molar-refractivity contribution in [2.24, 2.45) is 5.10 Å². The Hall–Kier alpha value is -5.26. The van der Waals surface area contributed by atoms with Crippen molar-refractivity contribution in [1.29, 1.82) is 0 Å². The van der Waals surface area contributed by atoms with Crippen LogP contribution < -0.4 is 10.2 Å². The first-order valence-electron chi connectivity index (χ1n) is 10.5. The van der Waals surface area contributed by atoms with Crippen molar-refractivity contribution in [3.63, 3.8) is 0 Å². The van der Waals surface area contributed by atoms with Crippen LogP contribution in [0.15, 0.2) is 76.4 Å². The molecule has 0 unspecified atom stereocenters. The zero-order valence-corrected chi connectivity index (χ0v) is 19.1. The lowest BCUT2D eigenvalue weighted by atomic mass is 10.2. The van der Waals surface area contributed by atoms with Gasteiger partial charge in [0.15, 0.2) is 5.76 Å². The summed E-state index contributed by atoms with van der Waals surface area (Å²) in [6.07, 6.45) is 2.93. The molecule has 4 aromatic rings. The summed E-state index contributed by atoms with van der Waals surface area (Å²) in [5.74, 6) is -0.102. The van der Waals surface area contributed by atoms with Crippen molar-refractivity contribution in [2.75, 3.05) is 0 Å². The summed E-state index contributed by atoms with van der Waals surface area (Å²) in [5.41, 5.74) is 4.86. The molecule has 1 amide bonds. The molecule has 12 nitrogen and oxygen atoms in total. The molecule has 0 bridgehead atoms. The number of aryl methyl sites for hydroxylation is 1.